The van der Waals surface area contributed by atoms with Crippen LogP contribution in [0.3, 0.4) is 0 Å². The molecule has 3 atom stereocenters. The van der Waals surface area contributed by atoms with Crippen LogP contribution in [-0.4, -0.2) is 66.3 Å². The van der Waals surface area contributed by atoms with Crippen molar-refractivity contribution in [1.29, 1.82) is 0 Å². The maximum Gasteiger partial charge on any atom is 0.338 e. The van der Waals surface area contributed by atoms with Crippen LogP contribution in [0.1, 0.15) is 72.4 Å². The van der Waals surface area contributed by atoms with Crippen molar-refractivity contribution in [1.82, 2.24) is 10.2 Å². The van der Waals surface area contributed by atoms with Crippen LogP contribution >= 0.6 is 0 Å². The Hall–Kier alpha value is -2.88. The second-order valence-corrected chi connectivity index (χ2v) is 10.4. The summed E-state index contributed by atoms with van der Waals surface area (Å²) in [5, 5.41) is 12.9. The number of esters is 1. The van der Waals surface area contributed by atoms with Gasteiger partial charge in [0.2, 0.25) is 0 Å². The first-order valence-electron chi connectivity index (χ1n) is 13.7. The van der Waals surface area contributed by atoms with Gasteiger partial charge in [-0.05, 0) is 73.6 Å². The number of nitrogens with zero attached hydrogens (tertiary/aromatic N) is 1. The van der Waals surface area contributed by atoms with Crippen molar-refractivity contribution in [2.45, 2.75) is 72.1 Å². The first-order chi connectivity index (χ1) is 18.5. The van der Waals surface area contributed by atoms with E-state index in [4.69, 9.17) is 10.5 Å². The molecular formula is C30H43F2N3O4. The van der Waals surface area contributed by atoms with Gasteiger partial charge in [-0.2, -0.15) is 0 Å². The number of nitrogens with one attached hydrogen (secondary N) is 1. The molecule has 0 aromatic heterocycles. The SMILES string of the molecule is CCCN(CCC)C(=O)c1cc(C)cc(C(=O)O[C@H](CN[C@@H](CO)C(C)C)[C@@H](N)Cc2cc(F)cc(F)c2)c1. The molecule has 0 unspecified atom stereocenters. The number of hydrogen-bond acceptors (Lipinski definition) is 6. The molecule has 4 N–H and O–H groups in total. The third kappa shape index (κ3) is 9.98. The van der Waals surface area contributed by atoms with Crippen LogP contribution in [-0.2, 0) is 11.2 Å². The third-order valence-electron chi connectivity index (χ3n) is 6.55. The summed E-state index contributed by atoms with van der Waals surface area (Å²) in [6.45, 7) is 10.9. The highest BCUT2D eigenvalue weighted by Gasteiger charge is 2.26. The first-order valence-corrected chi connectivity index (χ1v) is 13.7. The van der Waals surface area contributed by atoms with E-state index in [1.54, 1.807) is 24.0 Å². The summed E-state index contributed by atoms with van der Waals surface area (Å²) < 4.78 is 33.3. The third-order valence-corrected chi connectivity index (χ3v) is 6.55. The van der Waals surface area contributed by atoms with Crippen molar-refractivity contribution in [2.75, 3.05) is 26.2 Å². The molecule has 0 aliphatic carbocycles. The maximum absolute atomic E-state index is 13.8. The number of nitrogens with two attached hydrogens (primary N) is 1. The number of aliphatic hydroxyl groups is 1. The van der Waals surface area contributed by atoms with Crippen LogP contribution in [0.4, 0.5) is 8.78 Å². The smallest absolute Gasteiger partial charge is 0.338 e. The average Bonchev–Trinajstić information content (AvgIpc) is 2.86. The van der Waals surface area contributed by atoms with Crippen molar-refractivity contribution in [2.24, 2.45) is 11.7 Å². The summed E-state index contributed by atoms with van der Waals surface area (Å²) in [4.78, 5) is 28.3. The van der Waals surface area contributed by atoms with E-state index in [1.165, 1.54) is 18.2 Å². The molecular weight excluding hydrogens is 504 g/mol. The Labute approximate surface area is 230 Å². The van der Waals surface area contributed by atoms with Gasteiger partial charge in [0.25, 0.3) is 5.91 Å². The summed E-state index contributed by atoms with van der Waals surface area (Å²) in [6.07, 6.45) is 0.812. The van der Waals surface area contributed by atoms with E-state index < -0.39 is 29.7 Å². The predicted octanol–water partition coefficient (Wildman–Crippen LogP) is 4.24. The van der Waals surface area contributed by atoms with Crippen LogP contribution in [0.25, 0.3) is 0 Å². The molecule has 0 heterocycles. The molecule has 7 nitrogen and oxygen atoms in total. The lowest BCUT2D eigenvalue weighted by Gasteiger charge is -2.28. The van der Waals surface area contributed by atoms with Crippen LogP contribution in [0, 0.1) is 24.5 Å². The molecule has 2 aromatic carbocycles. The van der Waals surface area contributed by atoms with E-state index in [0.29, 0.717) is 24.2 Å². The number of carbonyl (C=O) groups is 2. The van der Waals surface area contributed by atoms with Crippen molar-refractivity contribution in [3.05, 3.63) is 70.3 Å². The fourth-order valence-electron chi connectivity index (χ4n) is 4.46. The average molecular weight is 548 g/mol. The van der Waals surface area contributed by atoms with Crippen molar-refractivity contribution in [3.8, 4) is 0 Å². The monoisotopic (exact) mass is 547 g/mol. The number of aryl methyl sites for hydroxylation is 1. The summed E-state index contributed by atoms with van der Waals surface area (Å²) in [6, 6.07) is 7.01. The summed E-state index contributed by atoms with van der Waals surface area (Å²) in [7, 11) is 0. The normalized spacial score (nSPS) is 13.7. The largest absolute Gasteiger partial charge is 0.456 e. The van der Waals surface area contributed by atoms with Crippen LogP contribution in [0.15, 0.2) is 36.4 Å². The van der Waals surface area contributed by atoms with E-state index >= 15 is 0 Å². The lowest BCUT2D eigenvalue weighted by atomic mass is 10.00. The fraction of sp³-hybridized carbons (Fsp3) is 0.533. The van der Waals surface area contributed by atoms with Crippen LogP contribution in [0.2, 0.25) is 0 Å². The Morgan fingerprint density at radius 3 is 2.13 bits per heavy atom. The minimum atomic E-state index is -0.882. The Morgan fingerprint density at radius 2 is 1.59 bits per heavy atom. The number of halogens is 2. The van der Waals surface area contributed by atoms with Crippen LogP contribution < -0.4 is 11.1 Å². The lowest BCUT2D eigenvalue weighted by Crippen LogP contribution is -2.49. The molecule has 216 valence electrons. The predicted molar refractivity (Wildman–Crippen MR) is 149 cm³/mol. The van der Waals surface area contributed by atoms with Gasteiger partial charge >= 0.3 is 5.97 Å². The highest BCUT2D eigenvalue weighted by molar-refractivity contribution is 5.98. The minimum absolute atomic E-state index is 0.0559. The molecule has 1 amide bonds. The van der Waals surface area contributed by atoms with Crippen molar-refractivity contribution < 1.29 is 28.2 Å². The molecule has 0 radical (unpaired) electrons. The number of aliphatic hydroxyl groups excluding tert-OH is 1. The van der Waals surface area contributed by atoms with Gasteiger partial charge in [0.05, 0.1) is 12.2 Å². The zero-order chi connectivity index (χ0) is 29.1. The number of hydrogen-bond donors (Lipinski definition) is 3. The molecule has 0 saturated carbocycles. The molecule has 2 aromatic rings. The summed E-state index contributed by atoms with van der Waals surface area (Å²) >= 11 is 0. The number of carbonyl (C=O) groups excluding carboxylic acids is 2. The molecule has 0 aliphatic rings. The number of rotatable bonds is 15. The standard InChI is InChI=1S/C30H43F2N3O4/c1-6-8-35(9-7-2)29(37)22-10-20(5)11-23(15-22)30(38)39-28(17-34-27(18-36)19(3)4)26(33)14-21-12-24(31)16-25(32)13-21/h10-13,15-16,19,26-28,34,36H,6-9,14,17-18,33H2,1-5H3/t26-,27-,28+/m0/s1. The molecule has 0 saturated heterocycles. The molecule has 0 fully saturated rings. The lowest BCUT2D eigenvalue weighted by molar-refractivity contribution is 0.0221. The van der Waals surface area contributed by atoms with E-state index in [0.717, 1.165) is 24.5 Å². The number of amides is 1. The Kier molecular flexibility index (Phi) is 13.0. The molecule has 9 heteroatoms. The van der Waals surface area contributed by atoms with Gasteiger partial charge in [-0.15, -0.1) is 0 Å². The zero-order valence-electron chi connectivity index (χ0n) is 23.7. The Bertz CT molecular complexity index is 1070. The number of ether oxygens (including phenoxy) is 1. The van der Waals surface area contributed by atoms with Gasteiger partial charge in [-0.3, -0.25) is 4.79 Å². The number of benzene rings is 2. The van der Waals surface area contributed by atoms with Gasteiger partial charge < -0.3 is 25.8 Å². The van der Waals surface area contributed by atoms with E-state index in [-0.39, 0.29) is 43.0 Å². The van der Waals surface area contributed by atoms with E-state index in [1.807, 2.05) is 27.7 Å². The first kappa shape index (κ1) is 32.3. The minimum Gasteiger partial charge on any atom is -0.456 e. The Balaban J connectivity index is 2.30. The zero-order valence-corrected chi connectivity index (χ0v) is 23.7. The van der Waals surface area contributed by atoms with Crippen molar-refractivity contribution >= 4 is 11.9 Å². The van der Waals surface area contributed by atoms with E-state index in [2.05, 4.69) is 5.32 Å². The van der Waals surface area contributed by atoms with Gasteiger partial charge in [0.15, 0.2) is 0 Å². The molecule has 39 heavy (non-hydrogen) atoms. The highest BCUT2D eigenvalue weighted by Crippen LogP contribution is 2.17. The Morgan fingerprint density at radius 1 is 1.00 bits per heavy atom. The van der Waals surface area contributed by atoms with Gasteiger partial charge in [-0.25, -0.2) is 13.6 Å². The quantitative estimate of drug-likeness (QED) is 0.288. The van der Waals surface area contributed by atoms with Gasteiger partial charge in [-0.1, -0.05) is 27.7 Å². The molecule has 2 rings (SSSR count). The van der Waals surface area contributed by atoms with Gasteiger partial charge in [0, 0.05) is 43.3 Å². The summed E-state index contributed by atoms with van der Waals surface area (Å²) in [5.41, 5.74) is 8.09. The second-order valence-electron chi connectivity index (χ2n) is 10.4. The second kappa shape index (κ2) is 15.6. The summed E-state index contributed by atoms with van der Waals surface area (Å²) in [5.74, 6) is -2.16. The topological polar surface area (TPSA) is 105 Å². The van der Waals surface area contributed by atoms with Crippen molar-refractivity contribution in [3.63, 3.8) is 0 Å². The molecule has 0 spiro atoms. The fourth-order valence-corrected chi connectivity index (χ4v) is 4.46. The van der Waals surface area contributed by atoms with Crippen LogP contribution in [0.5, 0.6) is 0 Å². The molecule has 0 aliphatic heterocycles. The maximum atomic E-state index is 13.8. The molecule has 0 bridgehead atoms. The van der Waals surface area contributed by atoms with Gasteiger partial charge in [0.1, 0.15) is 17.7 Å². The highest BCUT2D eigenvalue weighted by atomic mass is 19.1. The van der Waals surface area contributed by atoms with E-state index in [9.17, 15) is 23.5 Å².